The van der Waals surface area contributed by atoms with Crippen LogP contribution in [0.1, 0.15) is 12.8 Å². The summed E-state index contributed by atoms with van der Waals surface area (Å²) in [5, 5.41) is 49.4. The number of carboxylic acids is 3. The number of aliphatic hydroxyl groups excluding tert-OH is 1. The van der Waals surface area contributed by atoms with E-state index in [2.05, 4.69) is 16.4 Å². The van der Waals surface area contributed by atoms with Gasteiger partial charge < -0.3 is 50.0 Å². The number of hydrogen-bond donors (Lipinski definition) is 7. The van der Waals surface area contributed by atoms with Gasteiger partial charge in [-0.1, -0.05) is 36.4 Å². The van der Waals surface area contributed by atoms with Crippen LogP contribution in [0.25, 0.3) is 21.8 Å². The summed E-state index contributed by atoms with van der Waals surface area (Å²) in [6.07, 6.45) is -2.92. The van der Waals surface area contributed by atoms with Crippen molar-refractivity contribution < 1.29 is 54.1 Å². The first-order valence-corrected chi connectivity index (χ1v) is 13.2. The Morgan fingerprint density at radius 2 is 1.44 bits per heavy atom. The molecule has 13 nitrogen and oxygen atoms in total. The van der Waals surface area contributed by atoms with Crippen molar-refractivity contribution in [3.8, 4) is 17.2 Å². The molecule has 0 fully saturated rings. The molecule has 1 aromatic heterocycles. The van der Waals surface area contributed by atoms with E-state index in [9.17, 15) is 19.5 Å². The van der Waals surface area contributed by atoms with Crippen molar-refractivity contribution in [2.45, 2.75) is 24.5 Å². The van der Waals surface area contributed by atoms with E-state index in [0.717, 1.165) is 27.6 Å². The standard InChI is InChI=1S/C24H26N2O4.C6H8O7/c1-28-21-10-4-5-11-22(21)29-14-13-25-15-17(27)16-30-23-12-6-9-20-24(23)18-7-2-3-8-19(18)26-20;7-3(8)1-6(13,5(11)12)2-4(9)10/h2-12,17,25-27H,13-16H2,1H3;13H,1-2H2,(H,7,8)(H,9,10)(H,11,12). The molecule has 0 saturated heterocycles. The monoisotopic (exact) mass is 598 g/mol. The van der Waals surface area contributed by atoms with Crippen molar-refractivity contribution in [3.05, 3.63) is 66.7 Å². The number of H-pyrrole nitrogens is 1. The maximum atomic E-state index is 10.3. The van der Waals surface area contributed by atoms with Crippen LogP contribution < -0.4 is 19.5 Å². The number of ether oxygens (including phenoxy) is 3. The molecule has 3 aromatic carbocycles. The predicted octanol–water partition coefficient (Wildman–Crippen LogP) is 2.49. The number of aromatic amines is 1. The van der Waals surface area contributed by atoms with Crippen LogP contribution in [0, 0.1) is 0 Å². The summed E-state index contributed by atoms with van der Waals surface area (Å²) in [6.45, 7) is 1.70. The number of fused-ring (bicyclic) bond motifs is 3. The van der Waals surface area contributed by atoms with Crippen LogP contribution in [0.4, 0.5) is 0 Å². The highest BCUT2D eigenvalue weighted by molar-refractivity contribution is 6.10. The number of rotatable bonds is 15. The van der Waals surface area contributed by atoms with E-state index in [1.54, 1.807) is 7.11 Å². The molecule has 43 heavy (non-hydrogen) atoms. The molecule has 4 rings (SSSR count). The maximum Gasteiger partial charge on any atom is 0.336 e. The minimum absolute atomic E-state index is 0.207. The quantitative estimate of drug-likeness (QED) is 0.0985. The summed E-state index contributed by atoms with van der Waals surface area (Å²) in [4.78, 5) is 33.9. The van der Waals surface area contributed by atoms with Gasteiger partial charge in [0.05, 0.1) is 25.5 Å². The summed E-state index contributed by atoms with van der Waals surface area (Å²) >= 11 is 0. The second-order valence-electron chi connectivity index (χ2n) is 9.50. The number of aromatic nitrogens is 1. The first-order valence-electron chi connectivity index (χ1n) is 13.2. The predicted molar refractivity (Wildman–Crippen MR) is 156 cm³/mol. The second-order valence-corrected chi connectivity index (χ2v) is 9.50. The third-order valence-electron chi connectivity index (χ3n) is 6.19. The van der Waals surface area contributed by atoms with E-state index in [4.69, 9.17) is 34.6 Å². The van der Waals surface area contributed by atoms with E-state index < -0.39 is 42.5 Å². The molecular formula is C30H34N2O11. The van der Waals surface area contributed by atoms with Crippen molar-refractivity contribution in [1.29, 1.82) is 0 Å². The molecule has 4 aromatic rings. The Labute approximate surface area is 246 Å². The van der Waals surface area contributed by atoms with Gasteiger partial charge in [0.15, 0.2) is 17.1 Å². The Hall–Kier alpha value is -4.85. The number of carboxylic acid groups (broad SMARTS) is 3. The van der Waals surface area contributed by atoms with Crippen LogP contribution in [0.2, 0.25) is 0 Å². The van der Waals surface area contributed by atoms with Gasteiger partial charge in [-0.2, -0.15) is 0 Å². The summed E-state index contributed by atoms with van der Waals surface area (Å²) in [6, 6.07) is 21.6. The van der Waals surface area contributed by atoms with Gasteiger partial charge >= 0.3 is 17.9 Å². The Balaban J connectivity index is 0.000000331. The number of hydrogen-bond acceptors (Lipinski definition) is 9. The second kappa shape index (κ2) is 15.4. The van der Waals surface area contributed by atoms with Crippen molar-refractivity contribution in [1.82, 2.24) is 10.3 Å². The zero-order valence-corrected chi connectivity index (χ0v) is 23.4. The number of carbonyl (C=O) groups is 3. The molecule has 1 unspecified atom stereocenters. The number of aliphatic carboxylic acids is 3. The Kier molecular flexibility index (Phi) is 11.7. The largest absolute Gasteiger partial charge is 0.493 e. The Morgan fingerprint density at radius 1 is 0.837 bits per heavy atom. The summed E-state index contributed by atoms with van der Waals surface area (Å²) in [7, 11) is 1.62. The molecule has 0 amide bonds. The molecule has 0 radical (unpaired) electrons. The molecule has 230 valence electrons. The van der Waals surface area contributed by atoms with Crippen LogP contribution in [-0.4, -0.2) is 93.5 Å². The molecule has 7 N–H and O–H groups in total. The van der Waals surface area contributed by atoms with E-state index in [0.29, 0.717) is 31.2 Å². The van der Waals surface area contributed by atoms with Gasteiger partial charge in [-0.25, -0.2) is 4.79 Å². The van der Waals surface area contributed by atoms with Crippen molar-refractivity contribution in [2.24, 2.45) is 0 Å². The number of aliphatic hydroxyl groups is 2. The van der Waals surface area contributed by atoms with Crippen LogP contribution in [-0.2, 0) is 14.4 Å². The molecule has 0 saturated carbocycles. The van der Waals surface area contributed by atoms with Crippen molar-refractivity contribution >= 4 is 39.7 Å². The summed E-state index contributed by atoms with van der Waals surface area (Å²) < 4.78 is 16.9. The highest BCUT2D eigenvalue weighted by Gasteiger charge is 2.40. The molecule has 13 heteroatoms. The van der Waals surface area contributed by atoms with E-state index in [-0.39, 0.29) is 6.61 Å². The summed E-state index contributed by atoms with van der Waals surface area (Å²) in [5.41, 5.74) is -0.645. The van der Waals surface area contributed by atoms with Gasteiger partial charge in [0.1, 0.15) is 25.1 Å². The zero-order chi connectivity index (χ0) is 31.4. The lowest BCUT2D eigenvalue weighted by atomic mass is 9.96. The van der Waals surface area contributed by atoms with Gasteiger partial charge in [-0.15, -0.1) is 0 Å². The number of nitrogens with one attached hydrogen (secondary N) is 2. The fourth-order valence-corrected chi connectivity index (χ4v) is 4.19. The molecule has 0 spiro atoms. The molecule has 1 heterocycles. The number of benzene rings is 3. The van der Waals surface area contributed by atoms with Gasteiger partial charge in [-0.3, -0.25) is 9.59 Å². The molecule has 0 bridgehead atoms. The Bertz CT molecular complexity index is 1520. The fourth-order valence-electron chi connectivity index (χ4n) is 4.19. The highest BCUT2D eigenvalue weighted by Crippen LogP contribution is 2.33. The smallest absolute Gasteiger partial charge is 0.336 e. The lowest BCUT2D eigenvalue weighted by molar-refractivity contribution is -0.170. The fraction of sp³-hybridized carbons (Fsp3) is 0.300. The minimum atomic E-state index is -2.74. The maximum absolute atomic E-state index is 10.3. The Morgan fingerprint density at radius 3 is 2.09 bits per heavy atom. The molecule has 0 aliphatic heterocycles. The lowest BCUT2D eigenvalue weighted by Crippen LogP contribution is -2.42. The highest BCUT2D eigenvalue weighted by atomic mass is 16.5. The van der Waals surface area contributed by atoms with E-state index in [1.165, 1.54) is 0 Å². The van der Waals surface area contributed by atoms with E-state index >= 15 is 0 Å². The van der Waals surface area contributed by atoms with Gasteiger partial charge in [0.2, 0.25) is 0 Å². The average molecular weight is 599 g/mol. The normalized spacial score (nSPS) is 11.8. The van der Waals surface area contributed by atoms with Gasteiger partial charge in [0, 0.05) is 29.4 Å². The lowest BCUT2D eigenvalue weighted by Gasteiger charge is -2.18. The minimum Gasteiger partial charge on any atom is -0.493 e. The molecular weight excluding hydrogens is 564 g/mol. The van der Waals surface area contributed by atoms with E-state index in [1.807, 2.05) is 60.7 Å². The SMILES string of the molecule is COc1ccccc1OCCNCC(O)COc1cccc2[nH]c3ccccc3c12.O=C(O)CC(O)(CC(=O)O)C(=O)O. The van der Waals surface area contributed by atoms with Crippen LogP contribution in [0.5, 0.6) is 17.2 Å². The number of para-hydroxylation sites is 3. The third-order valence-corrected chi connectivity index (χ3v) is 6.19. The molecule has 1 atom stereocenters. The van der Waals surface area contributed by atoms with Crippen LogP contribution in [0.15, 0.2) is 66.7 Å². The van der Waals surface area contributed by atoms with Crippen molar-refractivity contribution in [2.75, 3.05) is 33.4 Å². The number of methoxy groups -OCH3 is 1. The van der Waals surface area contributed by atoms with Gasteiger partial charge in [-0.05, 0) is 30.3 Å². The van der Waals surface area contributed by atoms with Gasteiger partial charge in [0.25, 0.3) is 0 Å². The average Bonchev–Trinajstić information content (AvgIpc) is 3.35. The topological polar surface area (TPSA) is 208 Å². The first kappa shape index (κ1) is 32.7. The zero-order valence-electron chi connectivity index (χ0n) is 23.4. The van der Waals surface area contributed by atoms with Crippen LogP contribution >= 0.6 is 0 Å². The molecule has 0 aliphatic rings. The summed E-state index contributed by atoms with van der Waals surface area (Å²) in [5.74, 6) is -2.84. The van der Waals surface area contributed by atoms with Crippen molar-refractivity contribution in [3.63, 3.8) is 0 Å². The molecule has 0 aliphatic carbocycles. The van der Waals surface area contributed by atoms with Crippen LogP contribution in [0.3, 0.4) is 0 Å². The first-order chi connectivity index (χ1) is 20.5. The third kappa shape index (κ3) is 9.33.